The van der Waals surface area contributed by atoms with Crippen LogP contribution in [-0.2, 0) is 0 Å². The van der Waals surface area contributed by atoms with E-state index in [-0.39, 0.29) is 5.54 Å². The maximum absolute atomic E-state index is 13.4. The Labute approximate surface area is 153 Å². The number of nitrogens with one attached hydrogen (secondary N) is 1. The van der Waals surface area contributed by atoms with Gasteiger partial charge in [-0.2, -0.15) is 5.26 Å². The molecule has 4 rings (SSSR count). The fourth-order valence-corrected chi connectivity index (χ4v) is 4.12. The highest BCUT2D eigenvalue weighted by atomic mass is 19.3. The molecule has 4 nitrogen and oxygen atoms in total. The zero-order valence-corrected chi connectivity index (χ0v) is 15.3. The molecule has 6 heteroatoms. The summed E-state index contributed by atoms with van der Waals surface area (Å²) in [6.07, 6.45) is 3.07. The van der Waals surface area contributed by atoms with Gasteiger partial charge >= 0.3 is 0 Å². The van der Waals surface area contributed by atoms with Crippen LogP contribution in [0, 0.1) is 16.9 Å². The Morgan fingerprint density at radius 1 is 1.15 bits per heavy atom. The van der Waals surface area contributed by atoms with Crippen LogP contribution in [0.1, 0.15) is 52.4 Å². The number of nitrogens with zero attached hydrogens (tertiary/aromatic N) is 2. The summed E-state index contributed by atoms with van der Waals surface area (Å²) in [5.74, 6) is 1.14. The van der Waals surface area contributed by atoms with Gasteiger partial charge < -0.3 is 4.74 Å². The van der Waals surface area contributed by atoms with Crippen LogP contribution in [-0.4, -0.2) is 23.4 Å². The summed E-state index contributed by atoms with van der Waals surface area (Å²) in [6.45, 7) is 3.71. The van der Waals surface area contributed by atoms with E-state index in [1.165, 1.54) is 0 Å². The third-order valence-electron chi connectivity index (χ3n) is 5.94. The van der Waals surface area contributed by atoms with Gasteiger partial charge in [0.05, 0.1) is 5.54 Å². The second kappa shape index (κ2) is 6.86. The summed E-state index contributed by atoms with van der Waals surface area (Å²) >= 11 is 0. The van der Waals surface area contributed by atoms with Crippen molar-refractivity contribution in [2.45, 2.75) is 69.9 Å². The first kappa shape index (κ1) is 18.6. The molecule has 3 aliphatic rings. The van der Waals surface area contributed by atoms with E-state index in [0.29, 0.717) is 50.1 Å². The monoisotopic (exact) mass is 361 g/mol. The minimum atomic E-state index is -2.26. The second-order valence-corrected chi connectivity index (χ2v) is 8.01. The van der Waals surface area contributed by atoms with E-state index in [4.69, 9.17) is 9.73 Å². The first-order valence-electron chi connectivity index (χ1n) is 9.09. The summed E-state index contributed by atoms with van der Waals surface area (Å²) in [5, 5.41) is 11.9. The lowest BCUT2D eigenvalue weighted by atomic mass is 9.57. The fourth-order valence-electron chi connectivity index (χ4n) is 4.12. The van der Waals surface area contributed by atoms with Gasteiger partial charge in [-0.15, -0.1) is 0 Å². The average molecular weight is 361 g/mol. The van der Waals surface area contributed by atoms with E-state index < -0.39 is 17.4 Å². The molecule has 0 amide bonds. The van der Waals surface area contributed by atoms with Gasteiger partial charge in [0.15, 0.2) is 17.6 Å². The standard InChI is InChI=1S/C20H25F2N3O/c1-18(2,26-15-6-4-3-5-7-15)17(24-14-23)25-20-11-8-19(9-12-20,10-13-20)16(21)22/h3-7,16H,8-13H2,1-2H3,(H,24,25). The van der Waals surface area contributed by atoms with Crippen molar-refractivity contribution in [1.82, 2.24) is 5.32 Å². The molecule has 3 fully saturated rings. The summed E-state index contributed by atoms with van der Waals surface area (Å²) in [6, 6.07) is 9.36. The zero-order chi connectivity index (χ0) is 18.8. The van der Waals surface area contributed by atoms with Crippen molar-refractivity contribution in [2.24, 2.45) is 10.4 Å². The molecule has 0 unspecified atom stereocenters. The minimum absolute atomic E-state index is 0.368. The number of fused-ring (bicyclic) bond motifs is 3. The van der Waals surface area contributed by atoms with Crippen molar-refractivity contribution < 1.29 is 13.5 Å². The highest BCUT2D eigenvalue weighted by Gasteiger charge is 2.53. The summed E-state index contributed by atoms with van der Waals surface area (Å²) in [5.41, 5.74) is -2.02. The molecule has 0 aliphatic heterocycles. The lowest BCUT2D eigenvalue weighted by Crippen LogP contribution is -2.52. The van der Waals surface area contributed by atoms with Crippen LogP contribution in [0.25, 0.3) is 0 Å². The number of para-hydroxylation sites is 1. The molecule has 3 aliphatic carbocycles. The number of halogens is 2. The Bertz CT molecular complexity index is 685. The first-order valence-corrected chi connectivity index (χ1v) is 9.09. The fraction of sp³-hybridized carbons (Fsp3) is 0.600. The lowest BCUT2D eigenvalue weighted by molar-refractivity contribution is -0.0815. The van der Waals surface area contributed by atoms with Crippen molar-refractivity contribution in [2.75, 3.05) is 0 Å². The maximum atomic E-state index is 13.4. The number of nitriles is 1. The third kappa shape index (κ3) is 3.53. The quantitative estimate of drug-likeness (QED) is 0.359. The molecule has 1 aromatic rings. The maximum Gasteiger partial charge on any atom is 0.244 e. The van der Waals surface area contributed by atoms with Gasteiger partial charge in [-0.3, -0.25) is 10.3 Å². The molecule has 0 aromatic heterocycles. The van der Waals surface area contributed by atoms with Crippen molar-refractivity contribution in [3.63, 3.8) is 0 Å². The number of amidine groups is 1. The van der Waals surface area contributed by atoms with Gasteiger partial charge in [0.25, 0.3) is 0 Å². The van der Waals surface area contributed by atoms with Gasteiger partial charge in [-0.25, -0.2) is 8.78 Å². The molecule has 0 radical (unpaired) electrons. The van der Waals surface area contributed by atoms with Crippen LogP contribution in [0.2, 0.25) is 0 Å². The molecular weight excluding hydrogens is 336 g/mol. The second-order valence-electron chi connectivity index (χ2n) is 8.01. The molecule has 140 valence electrons. The van der Waals surface area contributed by atoms with Crippen LogP contribution < -0.4 is 10.1 Å². The van der Waals surface area contributed by atoms with Gasteiger partial charge in [0, 0.05) is 5.41 Å². The molecule has 2 bridgehead atoms. The van der Waals surface area contributed by atoms with E-state index in [1.54, 1.807) is 0 Å². The molecule has 0 atom stereocenters. The average Bonchev–Trinajstić information content (AvgIpc) is 2.63. The van der Waals surface area contributed by atoms with Crippen LogP contribution in [0.5, 0.6) is 5.75 Å². The van der Waals surface area contributed by atoms with Gasteiger partial charge in [0.2, 0.25) is 6.43 Å². The number of ether oxygens (including phenoxy) is 1. The molecule has 0 spiro atoms. The largest absolute Gasteiger partial charge is 0.480 e. The Morgan fingerprint density at radius 3 is 2.23 bits per heavy atom. The lowest BCUT2D eigenvalue weighted by Gasteiger charge is -2.51. The zero-order valence-electron chi connectivity index (χ0n) is 15.3. The number of hydrogen-bond donors (Lipinski definition) is 1. The van der Waals surface area contributed by atoms with Crippen LogP contribution in [0.3, 0.4) is 0 Å². The number of hydrogen-bond acceptors (Lipinski definition) is 3. The molecule has 0 saturated heterocycles. The predicted molar refractivity (Wildman–Crippen MR) is 96.2 cm³/mol. The van der Waals surface area contributed by atoms with Crippen molar-refractivity contribution in [3.8, 4) is 11.9 Å². The SMILES string of the molecule is CC(C)(Oc1ccccc1)C(=NC12CCC(C(F)F)(CC1)CC2)NC#N. The molecule has 26 heavy (non-hydrogen) atoms. The van der Waals surface area contributed by atoms with E-state index >= 15 is 0 Å². The van der Waals surface area contributed by atoms with Crippen LogP contribution in [0.4, 0.5) is 8.78 Å². The number of benzene rings is 1. The third-order valence-corrected chi connectivity index (χ3v) is 5.94. The van der Waals surface area contributed by atoms with Crippen molar-refractivity contribution in [1.29, 1.82) is 5.26 Å². The summed E-state index contributed by atoms with van der Waals surface area (Å²) < 4.78 is 32.9. The highest BCUT2D eigenvalue weighted by molar-refractivity contribution is 5.91. The summed E-state index contributed by atoms with van der Waals surface area (Å²) in [7, 11) is 0. The molecule has 0 heterocycles. The van der Waals surface area contributed by atoms with Crippen molar-refractivity contribution >= 4 is 5.84 Å². The van der Waals surface area contributed by atoms with Gasteiger partial charge in [-0.1, -0.05) is 18.2 Å². The normalized spacial score (nSPS) is 28.7. The van der Waals surface area contributed by atoms with Crippen molar-refractivity contribution in [3.05, 3.63) is 30.3 Å². The highest BCUT2D eigenvalue weighted by Crippen LogP contribution is 2.56. The van der Waals surface area contributed by atoms with Crippen LogP contribution in [0.15, 0.2) is 35.3 Å². The summed E-state index contributed by atoms with van der Waals surface area (Å²) in [4.78, 5) is 4.88. The Hall–Kier alpha value is -2.16. The predicted octanol–water partition coefficient (Wildman–Crippen LogP) is 4.67. The van der Waals surface area contributed by atoms with E-state index in [2.05, 4.69) is 5.32 Å². The van der Waals surface area contributed by atoms with Gasteiger partial charge in [-0.05, 0) is 64.5 Å². The van der Waals surface area contributed by atoms with E-state index in [1.807, 2.05) is 50.4 Å². The number of alkyl halides is 2. The number of rotatable bonds is 5. The Kier molecular flexibility index (Phi) is 4.92. The first-order chi connectivity index (χ1) is 12.3. The van der Waals surface area contributed by atoms with E-state index in [9.17, 15) is 14.0 Å². The smallest absolute Gasteiger partial charge is 0.244 e. The molecular formula is C20H25F2N3O. The van der Waals surface area contributed by atoms with E-state index in [0.717, 1.165) is 0 Å². The van der Waals surface area contributed by atoms with Gasteiger partial charge in [0.1, 0.15) is 5.75 Å². The Balaban J connectivity index is 1.83. The minimum Gasteiger partial charge on any atom is -0.480 e. The topological polar surface area (TPSA) is 57.4 Å². The van der Waals surface area contributed by atoms with Crippen LogP contribution >= 0.6 is 0 Å². The molecule has 3 saturated carbocycles. The Morgan fingerprint density at radius 2 is 1.73 bits per heavy atom. The number of aliphatic imine (C=N–C) groups is 1. The molecule has 1 N–H and O–H groups in total. The molecule has 1 aromatic carbocycles.